The molecular formula is C21H26N2O4S. The molecule has 0 bridgehead atoms. The summed E-state index contributed by atoms with van der Waals surface area (Å²) in [6.07, 6.45) is 1.18. The number of carbonyl (C=O) groups is 1. The fourth-order valence-corrected chi connectivity index (χ4v) is 3.78. The van der Waals surface area contributed by atoms with E-state index in [1.54, 1.807) is 24.3 Å². The summed E-state index contributed by atoms with van der Waals surface area (Å²) in [5, 5.41) is 2.96. The molecule has 6 nitrogen and oxygen atoms in total. The molecule has 7 heteroatoms. The summed E-state index contributed by atoms with van der Waals surface area (Å²) < 4.78 is 28.5. The predicted octanol–water partition coefficient (Wildman–Crippen LogP) is 2.41. The Kier molecular flexibility index (Phi) is 6.49. The highest BCUT2D eigenvalue weighted by molar-refractivity contribution is 7.90. The molecule has 28 heavy (non-hydrogen) atoms. The number of ether oxygens (including phenoxy) is 1. The quantitative estimate of drug-likeness (QED) is 0.803. The highest BCUT2D eigenvalue weighted by atomic mass is 32.2. The van der Waals surface area contributed by atoms with Crippen LogP contribution in [0.4, 0.5) is 0 Å². The molecule has 1 aliphatic rings. The number of rotatable bonds is 6. The lowest BCUT2D eigenvalue weighted by atomic mass is 10.1. The molecule has 1 fully saturated rings. The van der Waals surface area contributed by atoms with E-state index in [1.165, 1.54) is 11.8 Å². The molecule has 1 unspecified atom stereocenters. The summed E-state index contributed by atoms with van der Waals surface area (Å²) in [5.74, 6) is -0.155. The van der Waals surface area contributed by atoms with Crippen LogP contribution in [0.2, 0.25) is 0 Å². The van der Waals surface area contributed by atoms with Gasteiger partial charge in [0.15, 0.2) is 9.84 Å². The third-order valence-electron chi connectivity index (χ3n) is 4.88. The molecule has 0 radical (unpaired) electrons. The van der Waals surface area contributed by atoms with Gasteiger partial charge in [0.1, 0.15) is 0 Å². The maximum atomic E-state index is 12.5. The number of amides is 1. The van der Waals surface area contributed by atoms with Crippen molar-refractivity contribution in [1.29, 1.82) is 0 Å². The number of morpholine rings is 1. The number of nitrogens with zero attached hydrogens (tertiary/aromatic N) is 1. The number of carbonyl (C=O) groups excluding carboxylic acids is 1. The third-order valence-corrected chi connectivity index (χ3v) is 6.01. The monoisotopic (exact) mass is 402 g/mol. The Morgan fingerprint density at radius 2 is 1.68 bits per heavy atom. The van der Waals surface area contributed by atoms with E-state index in [9.17, 15) is 13.2 Å². The van der Waals surface area contributed by atoms with Crippen molar-refractivity contribution < 1.29 is 17.9 Å². The maximum absolute atomic E-state index is 12.5. The van der Waals surface area contributed by atoms with Crippen molar-refractivity contribution in [2.45, 2.75) is 24.4 Å². The topological polar surface area (TPSA) is 75.7 Å². The molecule has 0 saturated carbocycles. The van der Waals surface area contributed by atoms with E-state index in [-0.39, 0.29) is 16.8 Å². The van der Waals surface area contributed by atoms with Gasteiger partial charge in [0.25, 0.3) is 5.91 Å². The second-order valence-corrected chi connectivity index (χ2v) is 9.14. The predicted molar refractivity (Wildman–Crippen MR) is 108 cm³/mol. The van der Waals surface area contributed by atoms with Crippen LogP contribution in [0.15, 0.2) is 53.4 Å². The Labute approximate surface area is 166 Å². The molecule has 1 amide bonds. The van der Waals surface area contributed by atoms with Gasteiger partial charge in [0, 0.05) is 31.5 Å². The zero-order chi connectivity index (χ0) is 20.1. The van der Waals surface area contributed by atoms with Crippen LogP contribution in [-0.4, -0.2) is 51.8 Å². The third kappa shape index (κ3) is 5.41. The highest BCUT2D eigenvalue weighted by Gasteiger charge is 2.14. The van der Waals surface area contributed by atoms with Gasteiger partial charge in [-0.05, 0) is 42.3 Å². The van der Waals surface area contributed by atoms with E-state index in [4.69, 9.17) is 4.74 Å². The van der Waals surface area contributed by atoms with Crippen LogP contribution in [0.25, 0.3) is 0 Å². The van der Waals surface area contributed by atoms with E-state index in [2.05, 4.69) is 10.2 Å². The maximum Gasteiger partial charge on any atom is 0.251 e. The molecule has 150 valence electrons. The number of sulfone groups is 1. The highest BCUT2D eigenvalue weighted by Crippen LogP contribution is 2.17. The normalized spacial score (nSPS) is 16.5. The Morgan fingerprint density at radius 1 is 1.07 bits per heavy atom. The van der Waals surface area contributed by atoms with Gasteiger partial charge in [0.2, 0.25) is 0 Å². The molecule has 3 rings (SSSR count). The van der Waals surface area contributed by atoms with Crippen molar-refractivity contribution in [2.75, 3.05) is 32.6 Å². The van der Waals surface area contributed by atoms with Crippen molar-refractivity contribution in [3.63, 3.8) is 0 Å². The molecule has 1 saturated heterocycles. The number of hydrogen-bond donors (Lipinski definition) is 1. The molecule has 0 aromatic heterocycles. The molecule has 1 heterocycles. The van der Waals surface area contributed by atoms with E-state index >= 15 is 0 Å². The summed E-state index contributed by atoms with van der Waals surface area (Å²) >= 11 is 0. The van der Waals surface area contributed by atoms with Gasteiger partial charge < -0.3 is 10.1 Å². The van der Waals surface area contributed by atoms with Crippen LogP contribution in [0.3, 0.4) is 0 Å². The van der Waals surface area contributed by atoms with Gasteiger partial charge in [-0.25, -0.2) is 8.42 Å². The Morgan fingerprint density at radius 3 is 2.25 bits per heavy atom. The van der Waals surface area contributed by atoms with Crippen LogP contribution < -0.4 is 5.32 Å². The lowest BCUT2D eigenvalue weighted by molar-refractivity contribution is 0.0342. The average Bonchev–Trinajstić information content (AvgIpc) is 2.68. The fraction of sp³-hybridized carbons (Fsp3) is 0.381. The molecule has 0 aliphatic carbocycles. The summed E-state index contributed by atoms with van der Waals surface area (Å²) in [6, 6.07) is 14.0. The standard InChI is InChI=1S/C21H26N2O4S/c1-16(18-7-9-20(10-8-18)28(2,25)26)22-21(24)19-5-3-17(4-6-19)15-23-11-13-27-14-12-23/h3-10,16H,11-15H2,1-2H3,(H,22,24). The Balaban J connectivity index is 1.59. The van der Waals surface area contributed by atoms with Crippen LogP contribution >= 0.6 is 0 Å². The second-order valence-electron chi connectivity index (χ2n) is 7.12. The zero-order valence-corrected chi connectivity index (χ0v) is 17.0. The van der Waals surface area contributed by atoms with Crippen molar-refractivity contribution in [3.05, 3.63) is 65.2 Å². The smallest absolute Gasteiger partial charge is 0.251 e. The molecule has 1 atom stereocenters. The van der Waals surface area contributed by atoms with E-state index in [0.29, 0.717) is 5.56 Å². The van der Waals surface area contributed by atoms with Crippen LogP contribution in [0.1, 0.15) is 34.5 Å². The molecule has 2 aromatic rings. The van der Waals surface area contributed by atoms with Crippen LogP contribution in [0.5, 0.6) is 0 Å². The minimum Gasteiger partial charge on any atom is -0.379 e. The summed E-state index contributed by atoms with van der Waals surface area (Å²) in [7, 11) is -3.22. The first-order valence-corrected chi connectivity index (χ1v) is 11.2. The first-order chi connectivity index (χ1) is 13.3. The van der Waals surface area contributed by atoms with Gasteiger partial charge in [-0.15, -0.1) is 0 Å². The summed E-state index contributed by atoms with van der Waals surface area (Å²) in [6.45, 7) is 6.12. The van der Waals surface area contributed by atoms with E-state index in [0.717, 1.165) is 38.4 Å². The molecular weight excluding hydrogens is 376 g/mol. The lowest BCUT2D eigenvalue weighted by Crippen LogP contribution is -2.35. The van der Waals surface area contributed by atoms with Gasteiger partial charge in [-0.1, -0.05) is 24.3 Å². The Bertz CT molecular complexity index is 902. The summed E-state index contributed by atoms with van der Waals surface area (Å²) in [5.41, 5.74) is 2.62. The minimum atomic E-state index is -3.22. The van der Waals surface area contributed by atoms with Crippen molar-refractivity contribution >= 4 is 15.7 Å². The first kappa shape index (κ1) is 20.5. The lowest BCUT2D eigenvalue weighted by Gasteiger charge is -2.26. The summed E-state index contributed by atoms with van der Waals surface area (Å²) in [4.78, 5) is 15.1. The average molecular weight is 403 g/mol. The minimum absolute atomic E-state index is 0.155. The molecule has 2 aromatic carbocycles. The molecule has 0 spiro atoms. The number of benzene rings is 2. The van der Waals surface area contributed by atoms with Gasteiger partial charge >= 0.3 is 0 Å². The largest absolute Gasteiger partial charge is 0.379 e. The molecule has 1 aliphatic heterocycles. The van der Waals surface area contributed by atoms with Crippen molar-refractivity contribution in [3.8, 4) is 0 Å². The number of hydrogen-bond acceptors (Lipinski definition) is 5. The van der Waals surface area contributed by atoms with Gasteiger partial charge in [-0.3, -0.25) is 9.69 Å². The van der Waals surface area contributed by atoms with Gasteiger partial charge in [0.05, 0.1) is 24.2 Å². The van der Waals surface area contributed by atoms with Crippen molar-refractivity contribution in [2.24, 2.45) is 0 Å². The van der Waals surface area contributed by atoms with Crippen LogP contribution in [-0.2, 0) is 21.1 Å². The SMILES string of the molecule is CC(NC(=O)c1ccc(CN2CCOCC2)cc1)c1ccc(S(C)(=O)=O)cc1. The van der Waals surface area contributed by atoms with E-state index < -0.39 is 9.84 Å². The fourth-order valence-electron chi connectivity index (χ4n) is 3.15. The number of nitrogens with one attached hydrogen (secondary N) is 1. The van der Waals surface area contributed by atoms with E-state index in [1.807, 2.05) is 31.2 Å². The van der Waals surface area contributed by atoms with Crippen LogP contribution in [0, 0.1) is 0 Å². The molecule has 1 N–H and O–H groups in total. The van der Waals surface area contributed by atoms with Crippen molar-refractivity contribution in [1.82, 2.24) is 10.2 Å². The zero-order valence-electron chi connectivity index (χ0n) is 16.2. The first-order valence-electron chi connectivity index (χ1n) is 9.33. The second kappa shape index (κ2) is 8.86. The Hall–Kier alpha value is -2.22. The van der Waals surface area contributed by atoms with Gasteiger partial charge in [-0.2, -0.15) is 0 Å².